The van der Waals surface area contributed by atoms with E-state index < -0.39 is 0 Å². The molecule has 8 heteroatoms. The second-order valence-corrected chi connectivity index (χ2v) is 6.86. The van der Waals surface area contributed by atoms with Crippen LogP contribution in [-0.2, 0) is 0 Å². The van der Waals surface area contributed by atoms with E-state index in [1.54, 1.807) is 14.9 Å². The number of amides is 2. The Kier molecular flexibility index (Phi) is 5.72. The van der Waals surface area contributed by atoms with Crippen LogP contribution in [0.4, 0.5) is 4.79 Å². The van der Waals surface area contributed by atoms with Crippen molar-refractivity contribution in [1.29, 1.82) is 0 Å². The number of urea groups is 1. The highest BCUT2D eigenvalue weighted by Crippen LogP contribution is 2.15. The number of benzene rings is 1. The molecular formula is C18H23N5O2S. The van der Waals surface area contributed by atoms with Crippen LogP contribution in [0.25, 0.3) is 4.96 Å². The second-order valence-electron chi connectivity index (χ2n) is 6.05. The number of hydrogen-bond donors (Lipinski definition) is 1. The van der Waals surface area contributed by atoms with Crippen molar-refractivity contribution in [2.24, 2.45) is 0 Å². The van der Waals surface area contributed by atoms with Crippen molar-refractivity contribution in [2.75, 3.05) is 19.7 Å². The van der Waals surface area contributed by atoms with Crippen molar-refractivity contribution in [3.63, 3.8) is 0 Å². The summed E-state index contributed by atoms with van der Waals surface area (Å²) < 4.78 is 7.46. The molecule has 1 aromatic carbocycles. The minimum Gasteiger partial charge on any atom is -0.492 e. The minimum atomic E-state index is -0.192. The molecule has 7 nitrogen and oxygen atoms in total. The van der Waals surface area contributed by atoms with Crippen LogP contribution in [0.3, 0.4) is 0 Å². The molecule has 0 bridgehead atoms. The molecule has 0 spiro atoms. The number of rotatable bonds is 7. The van der Waals surface area contributed by atoms with Gasteiger partial charge in [-0.25, -0.2) is 14.3 Å². The van der Waals surface area contributed by atoms with Crippen molar-refractivity contribution in [2.45, 2.75) is 26.8 Å². The average Bonchev–Trinajstić information content (AvgIpc) is 3.20. The molecule has 0 aliphatic heterocycles. The fraction of sp³-hybridized carbons (Fsp3) is 0.389. The number of likely N-dealkylation sites (N-methyl/N-ethyl adjacent to an activating group) is 1. The number of ether oxygens (including phenoxy) is 1. The maximum Gasteiger partial charge on any atom is 0.318 e. The van der Waals surface area contributed by atoms with E-state index in [4.69, 9.17) is 4.74 Å². The van der Waals surface area contributed by atoms with Gasteiger partial charge in [-0.3, -0.25) is 0 Å². The van der Waals surface area contributed by atoms with Gasteiger partial charge >= 0.3 is 6.03 Å². The number of nitrogens with one attached hydrogen (secondary N) is 1. The van der Waals surface area contributed by atoms with E-state index in [1.807, 2.05) is 51.2 Å². The number of aryl methyl sites for hydroxylation is 1. The minimum absolute atomic E-state index is 0.128. The third-order valence-electron chi connectivity index (χ3n) is 4.08. The summed E-state index contributed by atoms with van der Waals surface area (Å²) in [6, 6.07) is 7.57. The second kappa shape index (κ2) is 8.18. The van der Waals surface area contributed by atoms with E-state index in [0.29, 0.717) is 19.7 Å². The quantitative estimate of drug-likeness (QED) is 0.690. The van der Waals surface area contributed by atoms with E-state index >= 15 is 0 Å². The van der Waals surface area contributed by atoms with Crippen molar-refractivity contribution >= 4 is 22.3 Å². The Balaban J connectivity index is 1.52. The molecule has 1 unspecified atom stereocenters. The van der Waals surface area contributed by atoms with Gasteiger partial charge in [0.2, 0.25) is 4.96 Å². The van der Waals surface area contributed by atoms with E-state index in [0.717, 1.165) is 22.0 Å². The molecule has 26 heavy (non-hydrogen) atoms. The van der Waals surface area contributed by atoms with Crippen LogP contribution in [0.5, 0.6) is 5.75 Å². The Bertz CT molecular complexity index is 847. The summed E-state index contributed by atoms with van der Waals surface area (Å²) in [5, 5.41) is 7.15. The van der Waals surface area contributed by atoms with E-state index in [-0.39, 0.29) is 12.1 Å². The van der Waals surface area contributed by atoms with Crippen molar-refractivity contribution < 1.29 is 9.53 Å². The molecule has 0 aliphatic rings. The van der Waals surface area contributed by atoms with Gasteiger partial charge in [-0.1, -0.05) is 23.5 Å². The molecule has 2 amide bonds. The zero-order chi connectivity index (χ0) is 18.5. The molecular weight excluding hydrogens is 350 g/mol. The first-order valence-corrected chi connectivity index (χ1v) is 9.48. The molecule has 0 fully saturated rings. The fourth-order valence-electron chi connectivity index (χ4n) is 2.60. The Morgan fingerprint density at radius 3 is 3.04 bits per heavy atom. The van der Waals surface area contributed by atoms with Crippen LogP contribution >= 0.6 is 11.3 Å². The van der Waals surface area contributed by atoms with E-state index in [2.05, 4.69) is 15.4 Å². The average molecular weight is 373 g/mol. The van der Waals surface area contributed by atoms with Gasteiger partial charge in [0, 0.05) is 6.54 Å². The number of carbonyl (C=O) groups excluding carboxylic acids is 1. The van der Waals surface area contributed by atoms with Gasteiger partial charge in [-0.2, -0.15) is 5.10 Å². The molecule has 1 atom stereocenters. The summed E-state index contributed by atoms with van der Waals surface area (Å²) in [6.07, 6.45) is 1.84. The zero-order valence-corrected chi connectivity index (χ0v) is 16.0. The Hall–Kier alpha value is -2.61. The van der Waals surface area contributed by atoms with Gasteiger partial charge in [-0.05, 0) is 38.5 Å². The number of carbonyl (C=O) groups is 1. The molecule has 3 rings (SSSR count). The first-order valence-electron chi connectivity index (χ1n) is 8.60. The highest BCUT2D eigenvalue weighted by atomic mass is 32.1. The Morgan fingerprint density at radius 2 is 2.31 bits per heavy atom. The van der Waals surface area contributed by atoms with Crippen LogP contribution in [0.1, 0.15) is 31.1 Å². The van der Waals surface area contributed by atoms with Gasteiger partial charge in [0.1, 0.15) is 17.9 Å². The summed E-state index contributed by atoms with van der Waals surface area (Å²) in [6.45, 7) is 7.46. The van der Waals surface area contributed by atoms with Crippen LogP contribution in [0.2, 0.25) is 0 Å². The molecule has 0 saturated carbocycles. The summed E-state index contributed by atoms with van der Waals surface area (Å²) in [5.41, 5.74) is 3.68. The fourth-order valence-corrected chi connectivity index (χ4v) is 3.21. The van der Waals surface area contributed by atoms with Gasteiger partial charge < -0.3 is 15.0 Å². The summed E-state index contributed by atoms with van der Waals surface area (Å²) in [4.78, 5) is 19.5. The SMILES string of the molecule is CCN(CCOc1cccc(C)c1)C(=O)NC(C)c1cn2ncsc2n1. The predicted octanol–water partition coefficient (Wildman–Crippen LogP) is 3.27. The molecule has 0 aliphatic carbocycles. The monoisotopic (exact) mass is 373 g/mol. The largest absolute Gasteiger partial charge is 0.492 e. The molecule has 0 radical (unpaired) electrons. The number of aromatic nitrogens is 3. The van der Waals surface area contributed by atoms with Crippen LogP contribution in [0.15, 0.2) is 36.0 Å². The first kappa shape index (κ1) is 18.2. The third-order valence-corrected chi connectivity index (χ3v) is 4.77. The lowest BCUT2D eigenvalue weighted by atomic mass is 10.2. The highest BCUT2D eigenvalue weighted by Gasteiger charge is 2.18. The maximum absolute atomic E-state index is 12.5. The number of imidazole rings is 1. The molecule has 2 aromatic heterocycles. The zero-order valence-electron chi connectivity index (χ0n) is 15.2. The lowest BCUT2D eigenvalue weighted by Crippen LogP contribution is -2.42. The smallest absolute Gasteiger partial charge is 0.318 e. The van der Waals surface area contributed by atoms with E-state index in [9.17, 15) is 4.79 Å². The molecule has 138 valence electrons. The summed E-state index contributed by atoms with van der Waals surface area (Å²) in [7, 11) is 0. The van der Waals surface area contributed by atoms with Gasteiger partial charge in [0.25, 0.3) is 0 Å². The number of nitrogens with zero attached hydrogens (tertiary/aromatic N) is 4. The molecule has 1 N–H and O–H groups in total. The van der Waals surface area contributed by atoms with Crippen molar-refractivity contribution in [3.05, 3.63) is 47.2 Å². The Labute approximate surface area is 156 Å². The lowest BCUT2D eigenvalue weighted by Gasteiger charge is -2.23. The lowest BCUT2D eigenvalue weighted by molar-refractivity contribution is 0.182. The summed E-state index contributed by atoms with van der Waals surface area (Å²) in [5.74, 6) is 0.820. The topological polar surface area (TPSA) is 71.8 Å². The molecule has 2 heterocycles. The van der Waals surface area contributed by atoms with Gasteiger partial charge in [0.05, 0.1) is 24.5 Å². The molecule has 3 aromatic rings. The normalized spacial score (nSPS) is 12.1. The Morgan fingerprint density at radius 1 is 1.46 bits per heavy atom. The summed E-state index contributed by atoms with van der Waals surface area (Å²) >= 11 is 1.47. The van der Waals surface area contributed by atoms with Crippen LogP contribution < -0.4 is 10.1 Å². The number of fused-ring (bicyclic) bond motifs is 1. The van der Waals surface area contributed by atoms with Crippen LogP contribution in [0, 0.1) is 6.92 Å². The predicted molar refractivity (Wildman–Crippen MR) is 102 cm³/mol. The first-order chi connectivity index (χ1) is 12.6. The van der Waals surface area contributed by atoms with Gasteiger partial charge in [-0.15, -0.1) is 0 Å². The van der Waals surface area contributed by atoms with Gasteiger partial charge in [0.15, 0.2) is 0 Å². The van der Waals surface area contributed by atoms with E-state index in [1.165, 1.54) is 11.3 Å². The third kappa shape index (κ3) is 4.32. The highest BCUT2D eigenvalue weighted by molar-refractivity contribution is 7.14. The molecule has 0 saturated heterocycles. The van der Waals surface area contributed by atoms with Crippen LogP contribution in [-0.4, -0.2) is 45.2 Å². The van der Waals surface area contributed by atoms with Crippen molar-refractivity contribution in [1.82, 2.24) is 24.8 Å². The number of hydrogen-bond acceptors (Lipinski definition) is 5. The van der Waals surface area contributed by atoms with Crippen molar-refractivity contribution in [3.8, 4) is 5.75 Å². The maximum atomic E-state index is 12.5. The standard InChI is InChI=1S/C18H23N5O2S/c1-4-22(8-9-25-15-7-5-6-13(2)10-15)17(24)20-14(3)16-11-23-18(21-16)26-12-19-23/h5-7,10-12,14H,4,8-9H2,1-3H3,(H,20,24).